The summed E-state index contributed by atoms with van der Waals surface area (Å²) in [4.78, 5) is 26.9. The predicted octanol–water partition coefficient (Wildman–Crippen LogP) is 2.15. The van der Waals surface area contributed by atoms with Crippen molar-refractivity contribution in [1.29, 1.82) is 0 Å². The van der Waals surface area contributed by atoms with Gasteiger partial charge in [-0.15, -0.1) is 0 Å². The molecule has 1 aliphatic heterocycles. The maximum Gasteiger partial charge on any atom is 0.270 e. The normalized spacial score (nSPS) is 13.8. The van der Waals surface area contributed by atoms with Gasteiger partial charge in [-0.3, -0.25) is 19.5 Å². The van der Waals surface area contributed by atoms with Crippen molar-refractivity contribution < 1.29 is 4.92 Å². The van der Waals surface area contributed by atoms with Gasteiger partial charge in [0, 0.05) is 36.7 Å². The SMILES string of the molecule is O=c1cc(-c2cccc([N+](=O)[O-])c2)nc2n1CCCC2. The molecule has 0 aliphatic carbocycles. The number of nitrogens with zero attached hydrogens (tertiary/aromatic N) is 3. The predicted molar refractivity (Wildman–Crippen MR) is 73.5 cm³/mol. The Hall–Kier alpha value is -2.50. The summed E-state index contributed by atoms with van der Waals surface area (Å²) in [6.45, 7) is 0.705. The van der Waals surface area contributed by atoms with Crippen LogP contribution in [0, 0.1) is 10.1 Å². The van der Waals surface area contributed by atoms with Crippen LogP contribution in [0.1, 0.15) is 18.7 Å². The van der Waals surface area contributed by atoms with Gasteiger partial charge in [-0.05, 0) is 12.8 Å². The van der Waals surface area contributed by atoms with E-state index in [0.717, 1.165) is 25.1 Å². The summed E-state index contributed by atoms with van der Waals surface area (Å²) in [6, 6.07) is 7.66. The van der Waals surface area contributed by atoms with Crippen molar-refractivity contribution in [3.8, 4) is 11.3 Å². The number of aromatic nitrogens is 2. The van der Waals surface area contributed by atoms with Crippen molar-refractivity contribution in [3.63, 3.8) is 0 Å². The molecule has 0 N–H and O–H groups in total. The number of rotatable bonds is 2. The average Bonchev–Trinajstić information content (AvgIpc) is 2.47. The van der Waals surface area contributed by atoms with E-state index in [-0.39, 0.29) is 11.2 Å². The van der Waals surface area contributed by atoms with E-state index in [4.69, 9.17) is 0 Å². The molecule has 0 amide bonds. The van der Waals surface area contributed by atoms with Crippen LogP contribution < -0.4 is 5.56 Å². The van der Waals surface area contributed by atoms with E-state index in [0.29, 0.717) is 17.8 Å². The fraction of sp³-hybridized carbons (Fsp3) is 0.286. The molecule has 0 radical (unpaired) electrons. The molecule has 1 aromatic heterocycles. The molecular weight excluding hydrogens is 258 g/mol. The van der Waals surface area contributed by atoms with Crippen molar-refractivity contribution >= 4 is 5.69 Å². The Morgan fingerprint density at radius 1 is 1.25 bits per heavy atom. The van der Waals surface area contributed by atoms with E-state index in [1.54, 1.807) is 16.7 Å². The third kappa shape index (κ3) is 2.20. The molecule has 1 aliphatic rings. The summed E-state index contributed by atoms with van der Waals surface area (Å²) in [5.74, 6) is 0.769. The van der Waals surface area contributed by atoms with Gasteiger partial charge in [0.2, 0.25) is 0 Å². The number of nitro groups is 1. The van der Waals surface area contributed by atoms with Crippen LogP contribution in [0.25, 0.3) is 11.3 Å². The van der Waals surface area contributed by atoms with Gasteiger partial charge in [0.1, 0.15) is 5.82 Å². The zero-order valence-corrected chi connectivity index (χ0v) is 10.8. The highest BCUT2D eigenvalue weighted by Crippen LogP contribution is 2.22. The molecule has 0 bridgehead atoms. The lowest BCUT2D eigenvalue weighted by Gasteiger charge is -2.17. The molecule has 3 rings (SSSR count). The Morgan fingerprint density at radius 3 is 2.90 bits per heavy atom. The maximum atomic E-state index is 12.1. The number of fused-ring (bicyclic) bond motifs is 1. The second kappa shape index (κ2) is 4.88. The molecule has 0 spiro atoms. The zero-order valence-electron chi connectivity index (χ0n) is 10.8. The van der Waals surface area contributed by atoms with E-state index in [1.807, 2.05) is 0 Å². The molecule has 2 aromatic rings. The van der Waals surface area contributed by atoms with E-state index < -0.39 is 4.92 Å². The van der Waals surface area contributed by atoms with Gasteiger partial charge in [-0.1, -0.05) is 12.1 Å². The van der Waals surface area contributed by atoms with Gasteiger partial charge >= 0.3 is 0 Å². The molecule has 0 unspecified atom stereocenters. The summed E-state index contributed by atoms with van der Waals surface area (Å²) >= 11 is 0. The van der Waals surface area contributed by atoms with Gasteiger partial charge in [0.05, 0.1) is 10.6 Å². The molecular formula is C14H13N3O3. The Morgan fingerprint density at radius 2 is 2.10 bits per heavy atom. The highest BCUT2D eigenvalue weighted by molar-refractivity contribution is 5.62. The van der Waals surface area contributed by atoms with Crippen molar-refractivity contribution in [2.45, 2.75) is 25.8 Å². The first kappa shape index (κ1) is 12.5. The number of nitro benzene ring substituents is 1. The number of hydrogen-bond donors (Lipinski definition) is 0. The Labute approximate surface area is 114 Å². The molecule has 6 nitrogen and oxygen atoms in total. The lowest BCUT2D eigenvalue weighted by atomic mass is 10.1. The lowest BCUT2D eigenvalue weighted by molar-refractivity contribution is -0.384. The van der Waals surface area contributed by atoms with Crippen LogP contribution in [0.2, 0.25) is 0 Å². The highest BCUT2D eigenvalue weighted by atomic mass is 16.6. The van der Waals surface area contributed by atoms with Crippen LogP contribution >= 0.6 is 0 Å². The number of benzene rings is 1. The first-order valence-electron chi connectivity index (χ1n) is 6.51. The molecule has 2 heterocycles. The van der Waals surface area contributed by atoms with Gasteiger partial charge in [-0.2, -0.15) is 0 Å². The Balaban J connectivity index is 2.11. The first-order valence-corrected chi connectivity index (χ1v) is 6.51. The fourth-order valence-electron chi connectivity index (χ4n) is 2.46. The molecule has 6 heteroatoms. The fourth-order valence-corrected chi connectivity index (χ4v) is 2.46. The number of non-ortho nitro benzene ring substituents is 1. The summed E-state index contributed by atoms with van der Waals surface area (Å²) in [6.07, 6.45) is 2.79. The van der Waals surface area contributed by atoms with Crippen LogP contribution in [0.5, 0.6) is 0 Å². The first-order chi connectivity index (χ1) is 9.65. The van der Waals surface area contributed by atoms with Gasteiger partial charge in [0.15, 0.2) is 0 Å². The number of aryl methyl sites for hydroxylation is 1. The third-order valence-electron chi connectivity index (χ3n) is 3.47. The Bertz CT molecular complexity index is 737. The average molecular weight is 271 g/mol. The van der Waals surface area contributed by atoms with Crippen molar-refractivity contribution in [2.24, 2.45) is 0 Å². The quantitative estimate of drug-likeness (QED) is 0.619. The van der Waals surface area contributed by atoms with Crippen LogP contribution in [-0.4, -0.2) is 14.5 Å². The largest absolute Gasteiger partial charge is 0.297 e. The molecule has 1 aromatic carbocycles. The van der Waals surface area contributed by atoms with Gasteiger partial charge < -0.3 is 0 Å². The monoisotopic (exact) mass is 271 g/mol. The summed E-state index contributed by atoms with van der Waals surface area (Å²) in [5, 5.41) is 10.8. The highest BCUT2D eigenvalue weighted by Gasteiger charge is 2.15. The minimum atomic E-state index is -0.450. The maximum absolute atomic E-state index is 12.1. The third-order valence-corrected chi connectivity index (χ3v) is 3.47. The van der Waals surface area contributed by atoms with Crippen molar-refractivity contribution in [3.05, 3.63) is 56.6 Å². The molecule has 0 fully saturated rings. The topological polar surface area (TPSA) is 78.0 Å². The minimum Gasteiger partial charge on any atom is -0.297 e. The van der Waals surface area contributed by atoms with Crippen LogP contribution in [0.15, 0.2) is 35.1 Å². The summed E-state index contributed by atoms with van der Waals surface area (Å²) < 4.78 is 1.68. The van der Waals surface area contributed by atoms with E-state index >= 15 is 0 Å². The standard InChI is InChI=1S/C14H13N3O3/c18-14-9-12(15-13-6-1-2-7-16(13)14)10-4-3-5-11(8-10)17(19)20/h3-5,8-9H,1-2,6-7H2. The lowest BCUT2D eigenvalue weighted by Crippen LogP contribution is -2.27. The van der Waals surface area contributed by atoms with Crippen LogP contribution in [0.4, 0.5) is 5.69 Å². The second-order valence-corrected chi connectivity index (χ2v) is 4.81. The second-order valence-electron chi connectivity index (χ2n) is 4.81. The number of hydrogen-bond acceptors (Lipinski definition) is 4. The van der Waals surface area contributed by atoms with E-state index in [9.17, 15) is 14.9 Å². The van der Waals surface area contributed by atoms with Crippen molar-refractivity contribution in [1.82, 2.24) is 9.55 Å². The Kier molecular flexibility index (Phi) is 3.06. The molecule has 0 atom stereocenters. The molecule has 0 saturated carbocycles. The molecule has 102 valence electrons. The van der Waals surface area contributed by atoms with Crippen LogP contribution in [0.3, 0.4) is 0 Å². The minimum absolute atomic E-state index is 0.00197. The summed E-state index contributed by atoms with van der Waals surface area (Å²) in [7, 11) is 0. The molecule has 0 saturated heterocycles. The smallest absolute Gasteiger partial charge is 0.270 e. The van der Waals surface area contributed by atoms with Crippen molar-refractivity contribution in [2.75, 3.05) is 0 Å². The van der Waals surface area contributed by atoms with Crippen LogP contribution in [-0.2, 0) is 13.0 Å². The summed E-state index contributed by atoms with van der Waals surface area (Å²) in [5.41, 5.74) is 1.02. The molecule has 20 heavy (non-hydrogen) atoms. The van der Waals surface area contributed by atoms with Gasteiger partial charge in [-0.25, -0.2) is 4.98 Å². The van der Waals surface area contributed by atoms with E-state index in [2.05, 4.69) is 4.98 Å². The zero-order chi connectivity index (χ0) is 14.1. The van der Waals surface area contributed by atoms with Gasteiger partial charge in [0.25, 0.3) is 11.2 Å². The van der Waals surface area contributed by atoms with E-state index in [1.165, 1.54) is 18.2 Å².